The molecular formula is C31H32N2O2. The Kier molecular flexibility index (Phi) is 7.02. The number of rotatable bonds is 6. The van der Waals surface area contributed by atoms with Gasteiger partial charge in [-0.25, -0.2) is 0 Å². The molecule has 0 unspecified atom stereocenters. The van der Waals surface area contributed by atoms with Gasteiger partial charge in [0.15, 0.2) is 5.43 Å². The van der Waals surface area contributed by atoms with Crippen LogP contribution in [0.25, 0.3) is 16.9 Å². The topological polar surface area (TPSA) is 51.1 Å². The smallest absolute Gasteiger partial charge is 0.261 e. The minimum atomic E-state index is -0.385. The second-order valence-corrected chi connectivity index (χ2v) is 8.97. The van der Waals surface area contributed by atoms with E-state index in [1.54, 1.807) is 6.07 Å². The van der Waals surface area contributed by atoms with Gasteiger partial charge in [-0.2, -0.15) is 0 Å². The molecule has 4 heteroatoms. The minimum Gasteiger partial charge on any atom is -0.321 e. The summed E-state index contributed by atoms with van der Waals surface area (Å²) >= 11 is 0. The summed E-state index contributed by atoms with van der Waals surface area (Å²) in [5.41, 5.74) is 8.08. The van der Waals surface area contributed by atoms with Crippen molar-refractivity contribution < 1.29 is 4.79 Å². The molecule has 0 aliphatic heterocycles. The number of hydrogen-bond donors (Lipinski definition) is 1. The molecule has 4 nitrogen and oxygen atoms in total. The molecule has 35 heavy (non-hydrogen) atoms. The third kappa shape index (κ3) is 4.69. The highest BCUT2D eigenvalue weighted by Crippen LogP contribution is 2.31. The van der Waals surface area contributed by atoms with E-state index in [4.69, 9.17) is 0 Å². The summed E-state index contributed by atoms with van der Waals surface area (Å²) in [5, 5.41) is 3.12. The van der Waals surface area contributed by atoms with Gasteiger partial charge in [0.1, 0.15) is 5.56 Å². The summed E-state index contributed by atoms with van der Waals surface area (Å²) < 4.78 is 2.02. The van der Waals surface area contributed by atoms with Crippen LogP contribution in [0.3, 0.4) is 0 Å². The molecule has 0 bridgehead atoms. The third-order valence-corrected chi connectivity index (χ3v) is 6.56. The van der Waals surface area contributed by atoms with Crippen molar-refractivity contribution in [2.45, 2.75) is 47.5 Å². The van der Waals surface area contributed by atoms with E-state index in [-0.39, 0.29) is 16.9 Å². The van der Waals surface area contributed by atoms with Crippen LogP contribution in [-0.2, 0) is 12.8 Å². The molecule has 0 spiro atoms. The molecule has 0 aliphatic rings. The lowest BCUT2D eigenvalue weighted by Gasteiger charge is -2.22. The quantitative estimate of drug-likeness (QED) is 0.341. The van der Waals surface area contributed by atoms with Crippen LogP contribution in [-0.4, -0.2) is 10.5 Å². The standard InChI is InChI=1S/C31H32N2O2/c1-6-23-12-10-13-24(7-2)29(23)32-31(35)28-27(34)19-22(5)33(25-17-15-20(3)16-18-25)30(28)26-14-9-8-11-21(26)4/h8-19H,6-7H2,1-5H3,(H,32,35). The summed E-state index contributed by atoms with van der Waals surface area (Å²) in [4.78, 5) is 27.4. The second kappa shape index (κ2) is 10.1. The van der Waals surface area contributed by atoms with E-state index in [1.807, 2.05) is 92.1 Å². The summed E-state index contributed by atoms with van der Waals surface area (Å²) in [7, 11) is 0. The Hall–Kier alpha value is -3.92. The molecule has 4 rings (SSSR count). The predicted molar refractivity (Wildman–Crippen MR) is 145 cm³/mol. The zero-order valence-corrected chi connectivity index (χ0v) is 21.1. The number of carbonyl (C=O) groups is 1. The SMILES string of the molecule is CCc1cccc(CC)c1NC(=O)c1c(-c2ccccc2C)n(-c2ccc(C)cc2)c(C)cc1=O. The first-order valence-corrected chi connectivity index (χ1v) is 12.2. The van der Waals surface area contributed by atoms with Crippen LogP contribution < -0.4 is 10.7 Å². The molecule has 1 aromatic heterocycles. The van der Waals surface area contributed by atoms with Gasteiger partial charge in [0.05, 0.1) is 5.69 Å². The zero-order valence-electron chi connectivity index (χ0n) is 21.1. The second-order valence-electron chi connectivity index (χ2n) is 8.97. The monoisotopic (exact) mass is 464 g/mol. The molecule has 1 heterocycles. The average molecular weight is 465 g/mol. The molecule has 0 saturated heterocycles. The number of amides is 1. The van der Waals surface area contributed by atoms with E-state index in [2.05, 4.69) is 19.2 Å². The van der Waals surface area contributed by atoms with Crippen LogP contribution in [0.4, 0.5) is 5.69 Å². The van der Waals surface area contributed by atoms with Crippen LogP contribution in [0.1, 0.15) is 52.2 Å². The largest absolute Gasteiger partial charge is 0.321 e. The van der Waals surface area contributed by atoms with Crippen molar-refractivity contribution in [3.05, 3.63) is 117 Å². The fourth-order valence-corrected chi connectivity index (χ4v) is 4.65. The van der Waals surface area contributed by atoms with E-state index in [0.29, 0.717) is 5.69 Å². The van der Waals surface area contributed by atoms with Gasteiger partial charge in [-0.3, -0.25) is 9.59 Å². The predicted octanol–water partition coefficient (Wildman–Crippen LogP) is 6.81. The summed E-state index contributed by atoms with van der Waals surface area (Å²) in [5.74, 6) is -0.385. The van der Waals surface area contributed by atoms with Crippen molar-refractivity contribution in [1.29, 1.82) is 0 Å². The highest BCUT2D eigenvalue weighted by atomic mass is 16.2. The summed E-state index contributed by atoms with van der Waals surface area (Å²) in [6.45, 7) is 10.1. The van der Waals surface area contributed by atoms with Gasteiger partial charge >= 0.3 is 0 Å². The van der Waals surface area contributed by atoms with E-state index >= 15 is 0 Å². The van der Waals surface area contributed by atoms with Crippen LogP contribution in [0.15, 0.2) is 77.6 Å². The lowest BCUT2D eigenvalue weighted by Crippen LogP contribution is -2.27. The number of para-hydroxylation sites is 1. The molecule has 1 amide bonds. The number of pyridine rings is 1. The number of carbonyl (C=O) groups excluding carboxylic acids is 1. The number of aromatic nitrogens is 1. The first kappa shape index (κ1) is 24.2. The van der Waals surface area contributed by atoms with E-state index in [0.717, 1.165) is 57.7 Å². The number of aryl methyl sites for hydroxylation is 5. The van der Waals surface area contributed by atoms with Crippen molar-refractivity contribution in [2.75, 3.05) is 5.32 Å². The van der Waals surface area contributed by atoms with Gasteiger partial charge in [-0.1, -0.05) is 74.0 Å². The lowest BCUT2D eigenvalue weighted by atomic mass is 9.97. The van der Waals surface area contributed by atoms with E-state index in [1.165, 1.54) is 0 Å². The van der Waals surface area contributed by atoms with E-state index in [9.17, 15) is 9.59 Å². The van der Waals surface area contributed by atoms with E-state index < -0.39 is 0 Å². The molecule has 178 valence electrons. The average Bonchev–Trinajstić information content (AvgIpc) is 2.84. The molecule has 3 aromatic carbocycles. The molecule has 1 N–H and O–H groups in total. The maximum atomic E-state index is 13.9. The molecule has 0 aliphatic carbocycles. The van der Waals surface area contributed by atoms with Crippen molar-refractivity contribution in [1.82, 2.24) is 4.57 Å². The minimum absolute atomic E-state index is 0.151. The number of hydrogen-bond acceptors (Lipinski definition) is 2. The number of anilines is 1. The van der Waals surface area contributed by atoms with Crippen LogP contribution >= 0.6 is 0 Å². The Morgan fingerprint density at radius 1 is 0.829 bits per heavy atom. The number of nitrogens with one attached hydrogen (secondary N) is 1. The highest BCUT2D eigenvalue weighted by Gasteiger charge is 2.24. The molecule has 0 fully saturated rings. The van der Waals surface area contributed by atoms with Gasteiger partial charge in [-0.05, 0) is 62.4 Å². The van der Waals surface area contributed by atoms with Crippen molar-refractivity contribution in [3.63, 3.8) is 0 Å². The normalized spacial score (nSPS) is 10.9. The van der Waals surface area contributed by atoms with Gasteiger partial charge in [0.25, 0.3) is 5.91 Å². The maximum Gasteiger partial charge on any atom is 0.261 e. The van der Waals surface area contributed by atoms with Gasteiger partial charge in [0, 0.05) is 28.7 Å². The van der Waals surface area contributed by atoms with Crippen molar-refractivity contribution in [3.8, 4) is 16.9 Å². The fourth-order valence-electron chi connectivity index (χ4n) is 4.65. The molecular weight excluding hydrogens is 432 g/mol. The Labute approximate surface area is 207 Å². The number of nitrogens with zero attached hydrogens (tertiary/aromatic N) is 1. The first-order chi connectivity index (χ1) is 16.8. The first-order valence-electron chi connectivity index (χ1n) is 12.2. The fraction of sp³-hybridized carbons (Fsp3) is 0.226. The van der Waals surface area contributed by atoms with Crippen LogP contribution in [0, 0.1) is 20.8 Å². The summed E-state index contributed by atoms with van der Waals surface area (Å²) in [6, 6.07) is 23.6. The highest BCUT2D eigenvalue weighted by molar-refractivity contribution is 6.09. The molecule has 0 radical (unpaired) electrons. The molecule has 4 aromatic rings. The summed E-state index contributed by atoms with van der Waals surface area (Å²) in [6.07, 6.45) is 1.57. The zero-order chi connectivity index (χ0) is 25.1. The Morgan fingerprint density at radius 2 is 1.46 bits per heavy atom. The maximum absolute atomic E-state index is 13.9. The third-order valence-electron chi connectivity index (χ3n) is 6.56. The molecule has 0 atom stereocenters. The lowest BCUT2D eigenvalue weighted by molar-refractivity contribution is 0.102. The Balaban J connectivity index is 2.00. The molecule has 0 saturated carbocycles. The van der Waals surface area contributed by atoms with Crippen molar-refractivity contribution in [2.24, 2.45) is 0 Å². The Morgan fingerprint density at radius 3 is 2.06 bits per heavy atom. The van der Waals surface area contributed by atoms with Gasteiger partial charge in [0.2, 0.25) is 0 Å². The van der Waals surface area contributed by atoms with Gasteiger partial charge in [-0.15, -0.1) is 0 Å². The number of benzene rings is 3. The van der Waals surface area contributed by atoms with Gasteiger partial charge < -0.3 is 9.88 Å². The van der Waals surface area contributed by atoms with Crippen LogP contribution in [0.2, 0.25) is 0 Å². The Bertz CT molecular complexity index is 1420. The van der Waals surface area contributed by atoms with Crippen LogP contribution in [0.5, 0.6) is 0 Å². The van der Waals surface area contributed by atoms with Crippen molar-refractivity contribution >= 4 is 11.6 Å².